The Labute approximate surface area is 91.0 Å². The first kappa shape index (κ1) is 10.9. The van der Waals surface area contributed by atoms with E-state index in [0.29, 0.717) is 19.1 Å². The van der Waals surface area contributed by atoms with Gasteiger partial charge in [0, 0.05) is 32.1 Å². The van der Waals surface area contributed by atoms with Crippen molar-refractivity contribution in [2.24, 2.45) is 0 Å². The number of morpholine rings is 1. The van der Waals surface area contributed by atoms with E-state index >= 15 is 0 Å². The van der Waals surface area contributed by atoms with Crippen molar-refractivity contribution < 1.29 is 9.53 Å². The highest BCUT2D eigenvalue weighted by molar-refractivity contribution is 5.77. The molecule has 0 aromatic heterocycles. The summed E-state index contributed by atoms with van der Waals surface area (Å²) in [5, 5.41) is 3.31. The van der Waals surface area contributed by atoms with E-state index in [0.717, 1.165) is 13.2 Å². The van der Waals surface area contributed by atoms with Crippen LogP contribution in [0.15, 0.2) is 0 Å². The minimum absolute atomic E-state index is 0.216. The van der Waals surface area contributed by atoms with Gasteiger partial charge in [0.1, 0.15) is 0 Å². The quantitative estimate of drug-likeness (QED) is 0.735. The highest BCUT2D eigenvalue weighted by atomic mass is 16.5. The van der Waals surface area contributed by atoms with E-state index in [1.807, 2.05) is 11.9 Å². The average Bonchev–Trinajstić information content (AvgIpc) is 2.16. The molecule has 1 saturated carbocycles. The summed E-state index contributed by atoms with van der Waals surface area (Å²) in [6, 6.07) is 0.718. The molecule has 0 bridgehead atoms. The van der Waals surface area contributed by atoms with Crippen LogP contribution < -0.4 is 5.32 Å². The zero-order chi connectivity index (χ0) is 10.7. The highest BCUT2D eigenvalue weighted by Crippen LogP contribution is 2.24. The zero-order valence-electron chi connectivity index (χ0n) is 9.37. The maximum atomic E-state index is 11.9. The van der Waals surface area contributed by atoms with Crippen LogP contribution in [-0.4, -0.2) is 49.7 Å². The number of carbonyl (C=O) groups is 1. The first-order chi connectivity index (χ1) is 7.27. The van der Waals surface area contributed by atoms with Crippen LogP contribution in [0.3, 0.4) is 0 Å². The second-order valence-corrected chi connectivity index (χ2v) is 4.52. The van der Waals surface area contributed by atoms with Crippen molar-refractivity contribution in [2.75, 3.05) is 26.8 Å². The standard InChI is InChI=1S/C11H20N2O2/c1-13(10-3-2-4-10)11(14)7-9-8-15-6-5-12-9/h9-10,12H,2-8H2,1H3. The number of nitrogens with zero attached hydrogens (tertiary/aromatic N) is 1. The van der Waals surface area contributed by atoms with Crippen LogP contribution >= 0.6 is 0 Å². The highest BCUT2D eigenvalue weighted by Gasteiger charge is 2.27. The van der Waals surface area contributed by atoms with Gasteiger partial charge >= 0.3 is 0 Å². The van der Waals surface area contributed by atoms with Crippen LogP contribution in [0.25, 0.3) is 0 Å². The molecule has 0 spiro atoms. The fraction of sp³-hybridized carbons (Fsp3) is 0.909. The average molecular weight is 212 g/mol. The number of nitrogens with one attached hydrogen (secondary N) is 1. The Bertz CT molecular complexity index is 223. The molecule has 0 aromatic rings. The topological polar surface area (TPSA) is 41.6 Å². The molecule has 15 heavy (non-hydrogen) atoms. The minimum atomic E-state index is 0.216. The monoisotopic (exact) mass is 212 g/mol. The summed E-state index contributed by atoms with van der Waals surface area (Å²) in [6.45, 7) is 2.30. The van der Waals surface area contributed by atoms with Crippen molar-refractivity contribution in [3.8, 4) is 0 Å². The molecule has 86 valence electrons. The number of ether oxygens (including phenoxy) is 1. The van der Waals surface area contributed by atoms with Crippen molar-refractivity contribution >= 4 is 5.91 Å². The summed E-state index contributed by atoms with van der Waals surface area (Å²) in [6.07, 6.45) is 4.20. The molecule has 4 nitrogen and oxygen atoms in total. The maximum Gasteiger partial charge on any atom is 0.224 e. The maximum absolute atomic E-state index is 11.9. The molecule has 1 aliphatic carbocycles. The van der Waals surface area contributed by atoms with E-state index in [-0.39, 0.29) is 11.9 Å². The number of amides is 1. The van der Waals surface area contributed by atoms with Gasteiger partial charge in [0.2, 0.25) is 5.91 Å². The van der Waals surface area contributed by atoms with Gasteiger partial charge in [0.15, 0.2) is 0 Å². The van der Waals surface area contributed by atoms with Crippen LogP contribution in [0, 0.1) is 0 Å². The summed E-state index contributed by atoms with van der Waals surface area (Å²) < 4.78 is 5.33. The second kappa shape index (κ2) is 4.94. The molecule has 4 heteroatoms. The molecule has 2 rings (SSSR count). The first-order valence-electron chi connectivity index (χ1n) is 5.84. The molecule has 1 saturated heterocycles. The third-order valence-electron chi connectivity index (χ3n) is 3.44. The van der Waals surface area contributed by atoms with Crippen LogP contribution in [-0.2, 0) is 9.53 Å². The fourth-order valence-electron chi connectivity index (χ4n) is 2.08. The lowest BCUT2D eigenvalue weighted by molar-refractivity contribution is -0.134. The Morgan fingerprint density at radius 3 is 2.87 bits per heavy atom. The lowest BCUT2D eigenvalue weighted by atomic mass is 9.91. The molecule has 1 atom stereocenters. The first-order valence-corrected chi connectivity index (χ1v) is 5.84. The van der Waals surface area contributed by atoms with Crippen molar-refractivity contribution in [2.45, 2.75) is 37.8 Å². The van der Waals surface area contributed by atoms with Crippen molar-refractivity contribution in [3.63, 3.8) is 0 Å². The van der Waals surface area contributed by atoms with Crippen LogP contribution in [0.5, 0.6) is 0 Å². The molecule has 1 heterocycles. The predicted octanol–water partition coefficient (Wildman–Crippen LogP) is 0.376. The molecule has 1 aliphatic heterocycles. The van der Waals surface area contributed by atoms with Gasteiger partial charge in [-0.3, -0.25) is 4.79 Å². The summed E-state index contributed by atoms with van der Waals surface area (Å²) in [5.74, 6) is 0.253. The number of hydrogen-bond acceptors (Lipinski definition) is 3. The Kier molecular flexibility index (Phi) is 3.59. The molecular formula is C11H20N2O2. The van der Waals surface area contributed by atoms with E-state index in [1.165, 1.54) is 19.3 Å². The molecule has 1 amide bonds. The van der Waals surface area contributed by atoms with E-state index in [4.69, 9.17) is 4.74 Å². The Morgan fingerprint density at radius 1 is 1.53 bits per heavy atom. The number of hydrogen-bond donors (Lipinski definition) is 1. The van der Waals surface area contributed by atoms with Crippen molar-refractivity contribution in [1.82, 2.24) is 10.2 Å². The lowest BCUT2D eigenvalue weighted by Gasteiger charge is -2.36. The molecule has 0 aromatic carbocycles. The van der Waals surface area contributed by atoms with E-state index in [2.05, 4.69) is 5.32 Å². The van der Waals surface area contributed by atoms with Gasteiger partial charge in [-0.1, -0.05) is 0 Å². The zero-order valence-corrected chi connectivity index (χ0v) is 9.37. The summed E-state index contributed by atoms with van der Waals surface area (Å²) in [7, 11) is 1.93. The van der Waals surface area contributed by atoms with E-state index in [9.17, 15) is 4.79 Å². The normalized spacial score (nSPS) is 27.1. The van der Waals surface area contributed by atoms with Gasteiger partial charge in [-0.2, -0.15) is 0 Å². The van der Waals surface area contributed by atoms with Gasteiger partial charge in [-0.05, 0) is 19.3 Å². The van der Waals surface area contributed by atoms with Gasteiger partial charge in [0.25, 0.3) is 0 Å². The molecular weight excluding hydrogens is 192 g/mol. The largest absolute Gasteiger partial charge is 0.378 e. The van der Waals surface area contributed by atoms with Gasteiger partial charge in [-0.25, -0.2) is 0 Å². The Hall–Kier alpha value is -0.610. The minimum Gasteiger partial charge on any atom is -0.378 e. The summed E-state index contributed by atoms with van der Waals surface area (Å²) in [4.78, 5) is 13.8. The van der Waals surface area contributed by atoms with E-state index < -0.39 is 0 Å². The SMILES string of the molecule is CN(C(=O)CC1COCCN1)C1CCC1. The van der Waals surface area contributed by atoms with Gasteiger partial charge in [0.05, 0.1) is 13.2 Å². The molecule has 1 N–H and O–H groups in total. The van der Waals surface area contributed by atoms with Crippen LogP contribution in [0.1, 0.15) is 25.7 Å². The Balaban J connectivity index is 1.74. The van der Waals surface area contributed by atoms with E-state index in [1.54, 1.807) is 0 Å². The van der Waals surface area contributed by atoms with Gasteiger partial charge in [-0.15, -0.1) is 0 Å². The molecule has 2 aliphatic rings. The fourth-order valence-corrected chi connectivity index (χ4v) is 2.08. The summed E-state index contributed by atoms with van der Waals surface area (Å²) in [5.41, 5.74) is 0. The number of carbonyl (C=O) groups excluding carboxylic acids is 1. The lowest BCUT2D eigenvalue weighted by Crippen LogP contribution is -2.47. The van der Waals surface area contributed by atoms with Crippen molar-refractivity contribution in [1.29, 1.82) is 0 Å². The predicted molar refractivity (Wildman–Crippen MR) is 57.6 cm³/mol. The second-order valence-electron chi connectivity index (χ2n) is 4.52. The van der Waals surface area contributed by atoms with Crippen LogP contribution in [0.2, 0.25) is 0 Å². The summed E-state index contributed by atoms with van der Waals surface area (Å²) >= 11 is 0. The van der Waals surface area contributed by atoms with Gasteiger partial charge < -0.3 is 15.0 Å². The smallest absolute Gasteiger partial charge is 0.224 e. The Morgan fingerprint density at radius 2 is 2.33 bits per heavy atom. The third kappa shape index (κ3) is 2.69. The molecule has 1 unspecified atom stereocenters. The number of rotatable bonds is 3. The third-order valence-corrected chi connectivity index (χ3v) is 3.44. The molecule has 2 fully saturated rings. The van der Waals surface area contributed by atoms with Crippen LogP contribution in [0.4, 0.5) is 0 Å². The van der Waals surface area contributed by atoms with Crippen molar-refractivity contribution in [3.05, 3.63) is 0 Å². The molecule has 0 radical (unpaired) electrons.